The van der Waals surface area contributed by atoms with E-state index in [9.17, 15) is 4.79 Å². The second kappa shape index (κ2) is 6.90. The number of rotatable bonds is 4. The molecular weight excluding hydrogens is 323 g/mol. The van der Waals surface area contributed by atoms with Crippen LogP contribution >= 0.6 is 24.0 Å². The van der Waals surface area contributed by atoms with Crippen LogP contribution in [-0.4, -0.2) is 18.0 Å². The van der Waals surface area contributed by atoms with Gasteiger partial charge in [0.25, 0.3) is 5.91 Å². The molecule has 0 aliphatic heterocycles. The molecule has 2 rings (SSSR count). The van der Waals surface area contributed by atoms with E-state index >= 15 is 0 Å². The summed E-state index contributed by atoms with van der Waals surface area (Å²) in [5.41, 5.74) is 6.65. The zero-order valence-corrected chi connectivity index (χ0v) is 14.8. The van der Waals surface area contributed by atoms with Gasteiger partial charge in [-0.05, 0) is 25.8 Å². The van der Waals surface area contributed by atoms with Gasteiger partial charge in [0.2, 0.25) is 0 Å². The Hall–Kier alpha value is -1.23. The average molecular weight is 345 g/mol. The molecule has 0 saturated carbocycles. The topological polar surface area (TPSA) is 68.3 Å². The number of hydrogen-bond acceptors (Lipinski definition) is 3. The highest BCUT2D eigenvalue weighted by Gasteiger charge is 2.31. The number of fused-ring (bicyclic) bond motifs is 1. The van der Waals surface area contributed by atoms with Crippen LogP contribution in [0.1, 0.15) is 36.9 Å². The summed E-state index contributed by atoms with van der Waals surface area (Å²) in [6, 6.07) is 5.47. The first-order chi connectivity index (χ1) is 9.80. The lowest BCUT2D eigenvalue weighted by atomic mass is 9.88. The molecule has 0 saturated heterocycles. The van der Waals surface area contributed by atoms with Gasteiger partial charge in [-0.15, -0.1) is 12.4 Å². The Morgan fingerprint density at radius 2 is 2.09 bits per heavy atom. The Kier molecular flexibility index (Phi) is 5.90. The maximum absolute atomic E-state index is 12.5. The molecule has 1 aromatic heterocycles. The highest BCUT2D eigenvalue weighted by atomic mass is 35.5. The van der Waals surface area contributed by atoms with Crippen LogP contribution < -0.4 is 11.1 Å². The molecule has 2 aromatic rings. The maximum Gasteiger partial charge on any atom is 0.287 e. The Balaban J connectivity index is 0.00000242. The minimum absolute atomic E-state index is 0. The second-order valence-corrected chi connectivity index (χ2v) is 6.31. The summed E-state index contributed by atoms with van der Waals surface area (Å²) < 4.78 is 5.68. The smallest absolute Gasteiger partial charge is 0.287 e. The van der Waals surface area contributed by atoms with Crippen molar-refractivity contribution in [1.29, 1.82) is 0 Å². The first-order valence-corrected chi connectivity index (χ1v) is 7.38. The summed E-state index contributed by atoms with van der Waals surface area (Å²) in [5.74, 6) is 0.236. The van der Waals surface area contributed by atoms with Crippen molar-refractivity contribution in [3.63, 3.8) is 0 Å². The number of nitrogens with one attached hydrogen (secondary N) is 1. The summed E-state index contributed by atoms with van der Waals surface area (Å²) in [7, 11) is 0. The molecule has 0 aliphatic carbocycles. The highest BCUT2D eigenvalue weighted by Crippen LogP contribution is 2.31. The summed E-state index contributed by atoms with van der Waals surface area (Å²) in [6.07, 6.45) is 0. The molecular formula is C16H22Cl2N2O2. The number of benzene rings is 1. The SMILES string of the molecule is Cc1c(C(=O)NC(C)(CN)C(C)C)oc2c(Cl)cccc12.Cl. The predicted octanol–water partition coefficient (Wildman–Crippen LogP) is 3.92. The summed E-state index contributed by atoms with van der Waals surface area (Å²) in [5, 5.41) is 4.33. The minimum Gasteiger partial charge on any atom is -0.449 e. The van der Waals surface area contributed by atoms with E-state index in [1.165, 1.54) is 0 Å². The standard InChI is InChI=1S/C16H21ClN2O2.ClH/c1-9(2)16(4,8-18)19-15(20)13-10(3)11-6-5-7-12(17)14(11)21-13;/h5-7,9H,8,18H2,1-4H3,(H,19,20);1H. The largest absolute Gasteiger partial charge is 0.449 e. The summed E-state index contributed by atoms with van der Waals surface area (Å²) in [4.78, 5) is 12.5. The van der Waals surface area contributed by atoms with Gasteiger partial charge in [0.05, 0.1) is 10.6 Å². The molecule has 4 nitrogen and oxygen atoms in total. The molecule has 1 aromatic carbocycles. The highest BCUT2D eigenvalue weighted by molar-refractivity contribution is 6.35. The lowest BCUT2D eigenvalue weighted by Gasteiger charge is -2.33. The van der Waals surface area contributed by atoms with Crippen molar-refractivity contribution >= 4 is 40.9 Å². The van der Waals surface area contributed by atoms with E-state index in [4.69, 9.17) is 21.8 Å². The van der Waals surface area contributed by atoms with Gasteiger partial charge in [0.15, 0.2) is 11.3 Å². The van der Waals surface area contributed by atoms with Crippen LogP contribution in [0.15, 0.2) is 22.6 Å². The average Bonchev–Trinajstić information content (AvgIpc) is 2.77. The van der Waals surface area contributed by atoms with Crippen molar-refractivity contribution in [3.8, 4) is 0 Å². The van der Waals surface area contributed by atoms with E-state index in [1.807, 2.05) is 39.8 Å². The Bertz CT molecular complexity index is 682. The van der Waals surface area contributed by atoms with Crippen LogP contribution in [0.3, 0.4) is 0 Å². The van der Waals surface area contributed by atoms with E-state index in [0.717, 1.165) is 10.9 Å². The molecule has 0 spiro atoms. The first kappa shape index (κ1) is 18.8. The van der Waals surface area contributed by atoms with Crippen molar-refractivity contribution < 1.29 is 9.21 Å². The van der Waals surface area contributed by atoms with E-state index in [2.05, 4.69) is 5.32 Å². The van der Waals surface area contributed by atoms with Gasteiger partial charge in [0, 0.05) is 17.5 Å². The Labute approximate surface area is 141 Å². The minimum atomic E-state index is -0.480. The molecule has 0 fully saturated rings. The summed E-state index contributed by atoms with van der Waals surface area (Å²) in [6.45, 7) is 8.19. The maximum atomic E-state index is 12.5. The van der Waals surface area contributed by atoms with Gasteiger partial charge in [-0.2, -0.15) is 0 Å². The molecule has 3 N–H and O–H groups in total. The first-order valence-electron chi connectivity index (χ1n) is 7.00. The normalized spacial score (nSPS) is 13.8. The third-order valence-corrected chi connectivity index (χ3v) is 4.52. The van der Waals surface area contributed by atoms with Gasteiger partial charge in [0.1, 0.15) is 0 Å². The third kappa shape index (κ3) is 3.24. The number of para-hydroxylation sites is 1. The van der Waals surface area contributed by atoms with E-state index in [1.54, 1.807) is 6.07 Å². The Morgan fingerprint density at radius 1 is 1.45 bits per heavy atom. The van der Waals surface area contributed by atoms with Crippen molar-refractivity contribution in [2.75, 3.05) is 6.54 Å². The van der Waals surface area contributed by atoms with Crippen molar-refractivity contribution in [1.82, 2.24) is 5.32 Å². The van der Waals surface area contributed by atoms with Crippen LogP contribution in [0.5, 0.6) is 0 Å². The quantitative estimate of drug-likeness (QED) is 0.882. The number of hydrogen-bond donors (Lipinski definition) is 2. The third-order valence-electron chi connectivity index (χ3n) is 4.22. The molecule has 1 unspecified atom stereocenters. The number of nitrogens with two attached hydrogens (primary N) is 1. The van der Waals surface area contributed by atoms with Crippen molar-refractivity contribution in [3.05, 3.63) is 34.5 Å². The van der Waals surface area contributed by atoms with Gasteiger partial charge in [-0.1, -0.05) is 37.6 Å². The van der Waals surface area contributed by atoms with Crippen LogP contribution in [-0.2, 0) is 0 Å². The zero-order valence-electron chi connectivity index (χ0n) is 13.2. The number of furan rings is 1. The molecule has 122 valence electrons. The van der Waals surface area contributed by atoms with Gasteiger partial charge >= 0.3 is 0 Å². The lowest BCUT2D eigenvalue weighted by molar-refractivity contribution is 0.0856. The van der Waals surface area contributed by atoms with Crippen molar-refractivity contribution in [2.45, 2.75) is 33.2 Å². The van der Waals surface area contributed by atoms with Gasteiger partial charge < -0.3 is 15.5 Å². The van der Waals surface area contributed by atoms with Crippen LogP contribution in [0.25, 0.3) is 11.0 Å². The van der Waals surface area contributed by atoms with Crippen molar-refractivity contribution in [2.24, 2.45) is 11.7 Å². The van der Waals surface area contributed by atoms with Gasteiger partial charge in [-0.3, -0.25) is 4.79 Å². The Morgan fingerprint density at radius 3 is 2.59 bits per heavy atom. The van der Waals surface area contributed by atoms with E-state index in [-0.39, 0.29) is 24.2 Å². The number of carbonyl (C=O) groups is 1. The number of carbonyl (C=O) groups excluding carboxylic acids is 1. The van der Waals surface area contributed by atoms with Crippen LogP contribution in [0.4, 0.5) is 0 Å². The molecule has 1 amide bonds. The number of halogens is 2. The van der Waals surface area contributed by atoms with Gasteiger partial charge in [-0.25, -0.2) is 0 Å². The lowest BCUT2D eigenvalue weighted by Crippen LogP contribution is -2.55. The fourth-order valence-electron chi connectivity index (χ4n) is 2.17. The molecule has 0 radical (unpaired) electrons. The fraction of sp³-hybridized carbons (Fsp3) is 0.438. The molecule has 0 aliphatic rings. The monoisotopic (exact) mass is 344 g/mol. The predicted molar refractivity (Wildman–Crippen MR) is 93.0 cm³/mol. The molecule has 22 heavy (non-hydrogen) atoms. The molecule has 0 bridgehead atoms. The zero-order chi connectivity index (χ0) is 15.8. The van der Waals surface area contributed by atoms with E-state index < -0.39 is 5.54 Å². The number of amides is 1. The molecule has 6 heteroatoms. The number of aryl methyl sites for hydroxylation is 1. The molecule has 1 heterocycles. The second-order valence-electron chi connectivity index (χ2n) is 5.90. The fourth-order valence-corrected chi connectivity index (χ4v) is 2.39. The van der Waals surface area contributed by atoms with Crippen LogP contribution in [0.2, 0.25) is 5.02 Å². The van der Waals surface area contributed by atoms with Crippen LogP contribution in [0, 0.1) is 12.8 Å². The summed E-state index contributed by atoms with van der Waals surface area (Å²) >= 11 is 6.11. The van der Waals surface area contributed by atoms with E-state index in [0.29, 0.717) is 22.9 Å². The molecule has 1 atom stereocenters.